The lowest BCUT2D eigenvalue weighted by atomic mass is 10.0. The molecule has 0 spiro atoms. The van der Waals surface area contributed by atoms with E-state index in [9.17, 15) is 9.90 Å². The standard InChI is InChI=1S/C12H8BrNO2/c13-9-2-3-10-8(5-9)1-4-12(16)11(10)6-14-7-15/h1-5,16H,6H2. The molecule has 0 atom stereocenters. The van der Waals surface area contributed by atoms with Crippen molar-refractivity contribution in [3.8, 4) is 5.75 Å². The Bertz CT molecular complexity index is 589. The first-order chi connectivity index (χ1) is 7.72. The van der Waals surface area contributed by atoms with Gasteiger partial charge in [0, 0.05) is 10.0 Å². The van der Waals surface area contributed by atoms with Crippen LogP contribution in [-0.2, 0) is 11.3 Å². The summed E-state index contributed by atoms with van der Waals surface area (Å²) in [5.41, 5.74) is 0.647. The van der Waals surface area contributed by atoms with E-state index in [-0.39, 0.29) is 12.3 Å². The van der Waals surface area contributed by atoms with Crippen molar-refractivity contribution >= 4 is 32.8 Å². The van der Waals surface area contributed by atoms with Crippen LogP contribution in [0.2, 0.25) is 0 Å². The first kappa shape index (κ1) is 10.9. The lowest BCUT2D eigenvalue weighted by Gasteiger charge is -2.06. The molecule has 2 aromatic carbocycles. The van der Waals surface area contributed by atoms with Gasteiger partial charge in [-0.3, -0.25) is 0 Å². The van der Waals surface area contributed by atoms with E-state index in [0.29, 0.717) is 5.56 Å². The zero-order valence-corrected chi connectivity index (χ0v) is 9.86. The molecule has 0 bridgehead atoms. The molecule has 2 aromatic rings. The number of fused-ring (bicyclic) bond motifs is 1. The third kappa shape index (κ3) is 1.98. The summed E-state index contributed by atoms with van der Waals surface area (Å²) < 4.78 is 0.968. The van der Waals surface area contributed by atoms with Crippen LogP contribution in [0.25, 0.3) is 10.8 Å². The van der Waals surface area contributed by atoms with E-state index in [4.69, 9.17) is 0 Å². The highest BCUT2D eigenvalue weighted by atomic mass is 79.9. The van der Waals surface area contributed by atoms with Crippen LogP contribution in [0.15, 0.2) is 39.8 Å². The van der Waals surface area contributed by atoms with Gasteiger partial charge in [-0.2, -0.15) is 0 Å². The molecule has 0 saturated carbocycles. The molecule has 80 valence electrons. The maximum absolute atomic E-state index is 10.1. The minimum Gasteiger partial charge on any atom is -0.508 e. The predicted octanol–water partition coefficient (Wildman–Crippen LogP) is 3.14. The molecule has 0 aliphatic heterocycles. The van der Waals surface area contributed by atoms with Gasteiger partial charge in [0.1, 0.15) is 5.75 Å². The quantitative estimate of drug-likeness (QED) is 0.677. The zero-order chi connectivity index (χ0) is 11.5. The van der Waals surface area contributed by atoms with Gasteiger partial charge in [-0.05, 0) is 29.0 Å². The van der Waals surface area contributed by atoms with Crippen LogP contribution in [0.3, 0.4) is 0 Å². The van der Waals surface area contributed by atoms with Gasteiger partial charge < -0.3 is 5.11 Å². The van der Waals surface area contributed by atoms with Gasteiger partial charge in [0.15, 0.2) is 0 Å². The number of nitrogens with zero attached hydrogens (tertiary/aromatic N) is 1. The number of rotatable bonds is 2. The summed E-state index contributed by atoms with van der Waals surface area (Å²) in [6.07, 6.45) is 1.47. The van der Waals surface area contributed by atoms with Crippen molar-refractivity contribution < 1.29 is 9.90 Å². The van der Waals surface area contributed by atoms with Crippen LogP contribution in [0.4, 0.5) is 0 Å². The second-order valence-electron chi connectivity index (χ2n) is 3.34. The molecule has 0 radical (unpaired) electrons. The Labute approximate surface area is 101 Å². The Morgan fingerprint density at radius 2 is 2.12 bits per heavy atom. The van der Waals surface area contributed by atoms with Crippen molar-refractivity contribution in [1.29, 1.82) is 0 Å². The summed E-state index contributed by atoms with van der Waals surface area (Å²) in [5.74, 6) is 0.147. The lowest BCUT2D eigenvalue weighted by molar-refractivity contribution is 0.469. The number of isocyanates is 1. The fourth-order valence-corrected chi connectivity index (χ4v) is 2.01. The van der Waals surface area contributed by atoms with E-state index in [1.807, 2.05) is 24.3 Å². The van der Waals surface area contributed by atoms with Gasteiger partial charge in [-0.15, -0.1) is 0 Å². The lowest BCUT2D eigenvalue weighted by Crippen LogP contribution is -1.86. The minimum atomic E-state index is 0.147. The maximum atomic E-state index is 10.1. The first-order valence-electron chi connectivity index (χ1n) is 4.66. The van der Waals surface area contributed by atoms with Gasteiger partial charge in [0.2, 0.25) is 6.08 Å². The molecule has 0 aliphatic rings. The number of benzene rings is 2. The number of hydrogen-bond donors (Lipinski definition) is 1. The van der Waals surface area contributed by atoms with E-state index in [1.54, 1.807) is 6.07 Å². The summed E-state index contributed by atoms with van der Waals surface area (Å²) in [5, 5.41) is 11.6. The van der Waals surface area contributed by atoms with E-state index in [2.05, 4.69) is 20.9 Å². The molecular weight excluding hydrogens is 270 g/mol. The molecule has 0 amide bonds. The van der Waals surface area contributed by atoms with Crippen molar-refractivity contribution in [2.75, 3.05) is 0 Å². The summed E-state index contributed by atoms with van der Waals surface area (Å²) in [4.78, 5) is 13.6. The molecule has 0 heterocycles. The number of aromatic hydroxyl groups is 1. The average molecular weight is 278 g/mol. The van der Waals surface area contributed by atoms with Crippen LogP contribution in [-0.4, -0.2) is 11.2 Å². The van der Waals surface area contributed by atoms with Crippen molar-refractivity contribution in [1.82, 2.24) is 0 Å². The van der Waals surface area contributed by atoms with Crippen molar-refractivity contribution in [3.63, 3.8) is 0 Å². The monoisotopic (exact) mass is 277 g/mol. The van der Waals surface area contributed by atoms with E-state index >= 15 is 0 Å². The van der Waals surface area contributed by atoms with Crippen LogP contribution in [0, 0.1) is 0 Å². The Morgan fingerprint density at radius 3 is 2.88 bits per heavy atom. The number of phenols is 1. The molecule has 0 fully saturated rings. The van der Waals surface area contributed by atoms with Crippen molar-refractivity contribution in [3.05, 3.63) is 40.4 Å². The number of phenolic OH excluding ortho intramolecular Hbond substituents is 1. The summed E-state index contributed by atoms with van der Waals surface area (Å²) in [6.45, 7) is 0.147. The fraction of sp³-hybridized carbons (Fsp3) is 0.0833. The van der Waals surface area contributed by atoms with Crippen LogP contribution in [0.1, 0.15) is 5.56 Å². The third-order valence-electron chi connectivity index (χ3n) is 2.37. The van der Waals surface area contributed by atoms with E-state index in [1.165, 1.54) is 6.08 Å². The fourth-order valence-electron chi connectivity index (χ4n) is 1.63. The maximum Gasteiger partial charge on any atom is 0.235 e. The van der Waals surface area contributed by atoms with Crippen molar-refractivity contribution in [2.24, 2.45) is 4.99 Å². The summed E-state index contributed by atoms with van der Waals surface area (Å²) in [6, 6.07) is 9.14. The van der Waals surface area contributed by atoms with Gasteiger partial charge >= 0.3 is 0 Å². The number of aliphatic imine (C=N–C) groups is 1. The molecule has 0 aromatic heterocycles. The average Bonchev–Trinajstić information content (AvgIpc) is 2.28. The molecule has 0 saturated heterocycles. The molecule has 0 aliphatic carbocycles. The highest BCUT2D eigenvalue weighted by molar-refractivity contribution is 9.10. The summed E-state index contributed by atoms with van der Waals surface area (Å²) in [7, 11) is 0. The number of carbonyl (C=O) groups excluding carboxylic acids is 1. The minimum absolute atomic E-state index is 0.147. The van der Waals surface area contributed by atoms with Gasteiger partial charge in [-0.25, -0.2) is 9.79 Å². The highest BCUT2D eigenvalue weighted by Crippen LogP contribution is 2.29. The Balaban J connectivity index is 2.69. The summed E-state index contributed by atoms with van der Waals surface area (Å²) >= 11 is 3.38. The molecule has 3 nitrogen and oxygen atoms in total. The van der Waals surface area contributed by atoms with Crippen LogP contribution in [0.5, 0.6) is 5.75 Å². The molecule has 4 heteroatoms. The molecule has 0 unspecified atom stereocenters. The van der Waals surface area contributed by atoms with Gasteiger partial charge in [-0.1, -0.05) is 28.1 Å². The zero-order valence-electron chi connectivity index (χ0n) is 8.27. The topological polar surface area (TPSA) is 49.7 Å². The van der Waals surface area contributed by atoms with Crippen molar-refractivity contribution in [2.45, 2.75) is 6.54 Å². The number of hydrogen-bond acceptors (Lipinski definition) is 3. The molecular formula is C12H8BrNO2. The van der Waals surface area contributed by atoms with Gasteiger partial charge in [0.25, 0.3) is 0 Å². The van der Waals surface area contributed by atoms with Crippen LogP contribution < -0.4 is 0 Å². The second kappa shape index (κ2) is 4.47. The Hall–Kier alpha value is -1.64. The largest absolute Gasteiger partial charge is 0.508 e. The Morgan fingerprint density at radius 1 is 1.31 bits per heavy atom. The predicted molar refractivity (Wildman–Crippen MR) is 65.1 cm³/mol. The van der Waals surface area contributed by atoms with E-state index in [0.717, 1.165) is 15.2 Å². The first-order valence-corrected chi connectivity index (χ1v) is 5.45. The van der Waals surface area contributed by atoms with E-state index < -0.39 is 0 Å². The number of halogens is 1. The Kier molecular flexibility index (Phi) is 3.04. The highest BCUT2D eigenvalue weighted by Gasteiger charge is 2.06. The third-order valence-corrected chi connectivity index (χ3v) is 2.86. The van der Waals surface area contributed by atoms with Crippen LogP contribution >= 0.6 is 15.9 Å². The normalized spacial score (nSPS) is 10.1. The second-order valence-corrected chi connectivity index (χ2v) is 4.25. The SMILES string of the molecule is O=C=NCc1c(O)ccc2cc(Br)ccc12. The smallest absolute Gasteiger partial charge is 0.235 e. The molecule has 16 heavy (non-hydrogen) atoms. The molecule has 2 rings (SSSR count). The van der Waals surface area contributed by atoms with Gasteiger partial charge in [0.05, 0.1) is 6.54 Å². The molecule has 1 N–H and O–H groups in total.